The quantitative estimate of drug-likeness (QED) is 0.471. The molecule has 0 radical (unpaired) electrons. The lowest BCUT2D eigenvalue weighted by molar-refractivity contribution is 0.444. The number of aryl methyl sites for hydroxylation is 2. The highest BCUT2D eigenvalue weighted by Gasteiger charge is 2.14. The largest absolute Gasteiger partial charge is 0.325 e. The number of hydrogen-bond acceptors (Lipinski definition) is 3. The van der Waals surface area contributed by atoms with Gasteiger partial charge in [-0.15, -0.1) is 0 Å². The van der Waals surface area contributed by atoms with Crippen LogP contribution in [0, 0.1) is 30.2 Å². The fourth-order valence-corrected chi connectivity index (χ4v) is 3.01. The van der Waals surface area contributed by atoms with Gasteiger partial charge in [0.15, 0.2) is 17.5 Å². The highest BCUT2D eigenvalue weighted by Crippen LogP contribution is 2.22. The number of anilines is 2. The van der Waals surface area contributed by atoms with Crippen molar-refractivity contribution in [3.63, 3.8) is 0 Å². The van der Waals surface area contributed by atoms with Gasteiger partial charge >= 0.3 is 5.56 Å². The average Bonchev–Trinajstić information content (AvgIpc) is 2.66. The number of nitrogens with one attached hydrogen (secondary N) is 1. The van der Waals surface area contributed by atoms with E-state index in [1.807, 2.05) is 25.1 Å². The van der Waals surface area contributed by atoms with E-state index in [2.05, 4.69) is 17.2 Å². The number of nitrogens with zero attached hydrogens (tertiary/aromatic N) is 2. The molecular formula is C21H19F4N3O. The second kappa shape index (κ2) is 8.46. The van der Waals surface area contributed by atoms with E-state index in [-0.39, 0.29) is 18.1 Å². The standard InChI is InChI=1S/C21H19F4N3O/c1-3-4-13-5-6-18(12(2)7-13)26-21-27-20(29)17(24)11-28(21)10-14-8-15(22)19(25)16(23)9-14/h5-9,11H,3-4,10H2,1-2H3,(H,26,27,29). The van der Waals surface area contributed by atoms with Gasteiger partial charge in [-0.2, -0.15) is 9.37 Å². The van der Waals surface area contributed by atoms with Gasteiger partial charge < -0.3 is 9.88 Å². The minimum atomic E-state index is -1.58. The molecule has 3 rings (SSSR count). The van der Waals surface area contributed by atoms with E-state index in [0.717, 1.165) is 42.3 Å². The summed E-state index contributed by atoms with van der Waals surface area (Å²) in [5.74, 6) is -5.42. The van der Waals surface area contributed by atoms with Gasteiger partial charge in [-0.1, -0.05) is 25.5 Å². The van der Waals surface area contributed by atoms with E-state index in [9.17, 15) is 22.4 Å². The third-order valence-electron chi connectivity index (χ3n) is 4.43. The van der Waals surface area contributed by atoms with Crippen molar-refractivity contribution in [2.75, 3.05) is 5.32 Å². The fourth-order valence-electron chi connectivity index (χ4n) is 3.01. The molecule has 0 saturated heterocycles. The SMILES string of the molecule is CCCc1ccc(Nc2nc(=O)c(F)cn2Cc2cc(F)c(F)c(F)c2)c(C)c1. The Morgan fingerprint density at radius 1 is 1.00 bits per heavy atom. The van der Waals surface area contributed by atoms with Crippen LogP contribution >= 0.6 is 0 Å². The summed E-state index contributed by atoms with van der Waals surface area (Å²) in [7, 11) is 0. The van der Waals surface area contributed by atoms with Gasteiger partial charge in [0.2, 0.25) is 11.8 Å². The van der Waals surface area contributed by atoms with Crippen LogP contribution in [-0.2, 0) is 13.0 Å². The zero-order valence-electron chi connectivity index (χ0n) is 15.9. The monoisotopic (exact) mass is 405 g/mol. The number of rotatable bonds is 6. The normalized spacial score (nSPS) is 11.0. The maximum absolute atomic E-state index is 13.8. The summed E-state index contributed by atoms with van der Waals surface area (Å²) in [5, 5.41) is 2.96. The highest BCUT2D eigenvalue weighted by molar-refractivity contribution is 5.59. The lowest BCUT2D eigenvalue weighted by atomic mass is 10.1. The minimum absolute atomic E-state index is 0.00659. The molecule has 0 amide bonds. The van der Waals surface area contributed by atoms with Crippen molar-refractivity contribution in [1.82, 2.24) is 9.55 Å². The molecule has 0 fully saturated rings. The predicted molar refractivity (Wildman–Crippen MR) is 102 cm³/mol. The molecule has 0 bridgehead atoms. The fraction of sp³-hybridized carbons (Fsp3) is 0.238. The van der Waals surface area contributed by atoms with E-state index >= 15 is 0 Å². The Morgan fingerprint density at radius 2 is 1.69 bits per heavy atom. The van der Waals surface area contributed by atoms with E-state index in [4.69, 9.17) is 0 Å². The third kappa shape index (κ3) is 4.64. The van der Waals surface area contributed by atoms with Gasteiger partial charge in [-0.05, 0) is 48.2 Å². The number of aromatic nitrogens is 2. The molecule has 152 valence electrons. The first-order valence-electron chi connectivity index (χ1n) is 9.05. The second-order valence-electron chi connectivity index (χ2n) is 6.74. The van der Waals surface area contributed by atoms with Crippen LogP contribution in [0.25, 0.3) is 0 Å². The maximum atomic E-state index is 13.8. The third-order valence-corrected chi connectivity index (χ3v) is 4.43. The molecule has 0 atom stereocenters. The van der Waals surface area contributed by atoms with E-state index in [1.165, 1.54) is 4.57 Å². The van der Waals surface area contributed by atoms with Crippen molar-refractivity contribution in [2.24, 2.45) is 0 Å². The lowest BCUT2D eigenvalue weighted by Gasteiger charge is -2.16. The Labute approximate surface area is 164 Å². The lowest BCUT2D eigenvalue weighted by Crippen LogP contribution is -2.20. The van der Waals surface area contributed by atoms with Crippen LogP contribution in [0.3, 0.4) is 0 Å². The Balaban J connectivity index is 1.97. The highest BCUT2D eigenvalue weighted by atomic mass is 19.2. The van der Waals surface area contributed by atoms with Crippen LogP contribution in [0.1, 0.15) is 30.0 Å². The maximum Gasteiger partial charge on any atom is 0.310 e. The van der Waals surface area contributed by atoms with Crippen molar-refractivity contribution in [2.45, 2.75) is 33.2 Å². The van der Waals surface area contributed by atoms with Crippen LogP contribution in [-0.4, -0.2) is 9.55 Å². The molecule has 8 heteroatoms. The molecule has 1 heterocycles. The molecule has 0 aliphatic heterocycles. The summed E-state index contributed by atoms with van der Waals surface area (Å²) in [6.45, 7) is 3.72. The molecule has 2 aromatic carbocycles. The molecule has 3 aromatic rings. The first kappa shape index (κ1) is 20.6. The van der Waals surface area contributed by atoms with Crippen molar-refractivity contribution in [1.29, 1.82) is 0 Å². The minimum Gasteiger partial charge on any atom is -0.325 e. The summed E-state index contributed by atoms with van der Waals surface area (Å²) in [6.07, 6.45) is 2.80. The zero-order valence-corrected chi connectivity index (χ0v) is 15.9. The molecule has 0 unspecified atom stereocenters. The Bertz CT molecular complexity index is 1090. The topological polar surface area (TPSA) is 46.9 Å². The van der Waals surface area contributed by atoms with Crippen LogP contribution in [0.4, 0.5) is 29.2 Å². The van der Waals surface area contributed by atoms with Gasteiger partial charge in [0.25, 0.3) is 0 Å². The zero-order chi connectivity index (χ0) is 21.1. The van der Waals surface area contributed by atoms with E-state index < -0.39 is 28.8 Å². The van der Waals surface area contributed by atoms with Gasteiger partial charge in [0.1, 0.15) is 0 Å². The smallest absolute Gasteiger partial charge is 0.310 e. The van der Waals surface area contributed by atoms with E-state index in [0.29, 0.717) is 5.69 Å². The molecule has 0 spiro atoms. The van der Waals surface area contributed by atoms with Crippen molar-refractivity contribution in [3.05, 3.63) is 86.8 Å². The Hall–Kier alpha value is -3.16. The summed E-state index contributed by atoms with van der Waals surface area (Å²) < 4.78 is 55.2. The van der Waals surface area contributed by atoms with Gasteiger partial charge in [-0.25, -0.2) is 13.2 Å². The van der Waals surface area contributed by atoms with Crippen molar-refractivity contribution in [3.8, 4) is 0 Å². The molecule has 0 saturated carbocycles. The summed E-state index contributed by atoms with van der Waals surface area (Å²) in [4.78, 5) is 15.4. The summed E-state index contributed by atoms with van der Waals surface area (Å²) in [5.41, 5.74) is 1.66. The second-order valence-corrected chi connectivity index (χ2v) is 6.74. The van der Waals surface area contributed by atoms with Crippen LogP contribution < -0.4 is 10.9 Å². The number of halogens is 4. The Morgan fingerprint density at radius 3 is 2.31 bits per heavy atom. The van der Waals surface area contributed by atoms with Crippen molar-refractivity contribution >= 4 is 11.6 Å². The molecule has 1 N–H and O–H groups in total. The first-order chi connectivity index (χ1) is 13.8. The first-order valence-corrected chi connectivity index (χ1v) is 9.05. The summed E-state index contributed by atoms with van der Waals surface area (Å²) >= 11 is 0. The van der Waals surface area contributed by atoms with Crippen LogP contribution in [0.5, 0.6) is 0 Å². The van der Waals surface area contributed by atoms with Crippen LogP contribution in [0.15, 0.2) is 41.3 Å². The van der Waals surface area contributed by atoms with Crippen LogP contribution in [0.2, 0.25) is 0 Å². The van der Waals surface area contributed by atoms with Crippen molar-refractivity contribution < 1.29 is 17.6 Å². The number of hydrogen-bond donors (Lipinski definition) is 1. The average molecular weight is 405 g/mol. The van der Waals surface area contributed by atoms with Gasteiger partial charge in [-0.3, -0.25) is 4.79 Å². The van der Waals surface area contributed by atoms with Gasteiger partial charge in [0, 0.05) is 11.9 Å². The molecule has 29 heavy (non-hydrogen) atoms. The molecule has 0 aliphatic rings. The molecule has 4 nitrogen and oxygen atoms in total. The Kier molecular flexibility index (Phi) is 6.00. The molecule has 1 aromatic heterocycles. The predicted octanol–water partition coefficient (Wildman–Crippen LogP) is 4.85. The van der Waals surface area contributed by atoms with E-state index in [1.54, 1.807) is 0 Å². The molecular weight excluding hydrogens is 386 g/mol. The van der Waals surface area contributed by atoms with Gasteiger partial charge in [0.05, 0.1) is 6.54 Å². The molecule has 0 aliphatic carbocycles. The number of benzene rings is 2. The summed E-state index contributed by atoms with van der Waals surface area (Å²) in [6, 6.07) is 7.35.